The highest BCUT2D eigenvalue weighted by molar-refractivity contribution is 6.31. The first-order valence-electron chi connectivity index (χ1n) is 4.81. The number of hydrogen-bond donors (Lipinski definition) is 0. The average molecular weight is 237 g/mol. The van der Waals surface area contributed by atoms with Crippen molar-refractivity contribution in [2.45, 2.75) is 0 Å². The molecule has 0 fully saturated rings. The van der Waals surface area contributed by atoms with E-state index < -0.39 is 5.82 Å². The molecule has 0 atom stereocenters. The summed E-state index contributed by atoms with van der Waals surface area (Å²) in [6.45, 7) is 0. The first-order valence-corrected chi connectivity index (χ1v) is 5.19. The molecule has 0 N–H and O–H groups in total. The largest absolute Gasteiger partial charge is 0.496 e. The van der Waals surface area contributed by atoms with Crippen LogP contribution >= 0.6 is 11.6 Å². The van der Waals surface area contributed by atoms with Gasteiger partial charge in [0.05, 0.1) is 12.1 Å². The van der Waals surface area contributed by atoms with Crippen molar-refractivity contribution in [3.63, 3.8) is 0 Å². The van der Waals surface area contributed by atoms with Crippen LogP contribution in [0, 0.1) is 5.82 Å². The lowest BCUT2D eigenvalue weighted by Crippen LogP contribution is -1.90. The number of benzene rings is 2. The molecule has 16 heavy (non-hydrogen) atoms. The Bertz CT molecular complexity index is 511. The van der Waals surface area contributed by atoms with Gasteiger partial charge < -0.3 is 4.74 Å². The molecular weight excluding hydrogens is 227 g/mol. The van der Waals surface area contributed by atoms with Gasteiger partial charge in [0.25, 0.3) is 0 Å². The molecule has 0 spiro atoms. The Hall–Kier alpha value is -1.54. The van der Waals surface area contributed by atoms with E-state index in [0.717, 1.165) is 0 Å². The van der Waals surface area contributed by atoms with Crippen LogP contribution in [0.3, 0.4) is 0 Å². The standard InChI is InChI=1S/C13H10ClFO/c1-16-12-8-3-2-5-9(12)10-6-4-7-11(14)13(10)15/h2-8H,1H3. The molecule has 0 aromatic heterocycles. The molecule has 2 aromatic carbocycles. The van der Waals surface area contributed by atoms with Crippen LogP contribution in [0.2, 0.25) is 5.02 Å². The first-order chi connectivity index (χ1) is 7.74. The second-order valence-corrected chi connectivity index (χ2v) is 3.71. The van der Waals surface area contributed by atoms with E-state index in [1.165, 1.54) is 6.07 Å². The zero-order valence-corrected chi connectivity index (χ0v) is 9.46. The van der Waals surface area contributed by atoms with E-state index in [-0.39, 0.29) is 5.02 Å². The quantitative estimate of drug-likeness (QED) is 0.761. The minimum atomic E-state index is -0.423. The Morgan fingerprint density at radius 1 is 1.00 bits per heavy atom. The summed E-state index contributed by atoms with van der Waals surface area (Å²) in [6, 6.07) is 12.2. The van der Waals surface area contributed by atoms with Crippen molar-refractivity contribution >= 4 is 11.6 Å². The van der Waals surface area contributed by atoms with E-state index in [1.807, 2.05) is 12.1 Å². The van der Waals surface area contributed by atoms with Gasteiger partial charge in [-0.2, -0.15) is 0 Å². The number of ether oxygens (including phenoxy) is 1. The highest BCUT2D eigenvalue weighted by Crippen LogP contribution is 2.33. The fraction of sp³-hybridized carbons (Fsp3) is 0.0769. The molecule has 0 amide bonds. The molecule has 1 nitrogen and oxygen atoms in total. The fourth-order valence-electron chi connectivity index (χ4n) is 1.58. The molecule has 82 valence electrons. The average Bonchev–Trinajstić information content (AvgIpc) is 2.33. The van der Waals surface area contributed by atoms with Crippen LogP contribution < -0.4 is 4.74 Å². The highest BCUT2D eigenvalue weighted by Gasteiger charge is 2.11. The molecule has 2 rings (SSSR count). The smallest absolute Gasteiger partial charge is 0.149 e. The van der Waals surface area contributed by atoms with Gasteiger partial charge >= 0.3 is 0 Å². The van der Waals surface area contributed by atoms with Crippen LogP contribution in [0.25, 0.3) is 11.1 Å². The van der Waals surface area contributed by atoms with Gasteiger partial charge in [0.1, 0.15) is 11.6 Å². The van der Waals surface area contributed by atoms with Gasteiger partial charge in [0.15, 0.2) is 0 Å². The number of rotatable bonds is 2. The number of halogens is 2. The van der Waals surface area contributed by atoms with Crippen molar-refractivity contribution < 1.29 is 9.13 Å². The lowest BCUT2D eigenvalue weighted by molar-refractivity contribution is 0.416. The predicted molar refractivity (Wildman–Crippen MR) is 63.4 cm³/mol. The Labute approximate surface area is 98.4 Å². The third-order valence-corrected chi connectivity index (χ3v) is 2.64. The van der Waals surface area contributed by atoms with E-state index in [1.54, 1.807) is 31.4 Å². The lowest BCUT2D eigenvalue weighted by Gasteiger charge is -2.09. The molecular formula is C13H10ClFO. The Morgan fingerprint density at radius 2 is 1.69 bits per heavy atom. The molecule has 0 heterocycles. The van der Waals surface area contributed by atoms with Crippen LogP contribution in [0.4, 0.5) is 4.39 Å². The number of para-hydroxylation sites is 1. The van der Waals surface area contributed by atoms with E-state index in [4.69, 9.17) is 16.3 Å². The lowest BCUT2D eigenvalue weighted by atomic mass is 10.0. The number of methoxy groups -OCH3 is 1. The van der Waals surface area contributed by atoms with Crippen molar-refractivity contribution in [1.82, 2.24) is 0 Å². The molecule has 0 bridgehead atoms. The van der Waals surface area contributed by atoms with Crippen molar-refractivity contribution in [2.75, 3.05) is 7.11 Å². The predicted octanol–water partition coefficient (Wildman–Crippen LogP) is 4.15. The molecule has 0 radical (unpaired) electrons. The molecule has 0 saturated carbocycles. The van der Waals surface area contributed by atoms with E-state index in [2.05, 4.69) is 0 Å². The molecule has 0 saturated heterocycles. The van der Waals surface area contributed by atoms with Gasteiger partial charge in [-0.3, -0.25) is 0 Å². The molecule has 0 aliphatic rings. The zero-order chi connectivity index (χ0) is 11.5. The number of hydrogen-bond acceptors (Lipinski definition) is 1. The van der Waals surface area contributed by atoms with Crippen LogP contribution in [0.15, 0.2) is 42.5 Å². The second kappa shape index (κ2) is 4.54. The third-order valence-electron chi connectivity index (χ3n) is 2.35. The summed E-state index contributed by atoms with van der Waals surface area (Å²) < 4.78 is 19.0. The minimum absolute atomic E-state index is 0.114. The summed E-state index contributed by atoms with van der Waals surface area (Å²) in [6.07, 6.45) is 0. The van der Waals surface area contributed by atoms with E-state index in [0.29, 0.717) is 16.9 Å². The maximum Gasteiger partial charge on any atom is 0.149 e. The van der Waals surface area contributed by atoms with Crippen molar-refractivity contribution in [3.8, 4) is 16.9 Å². The first kappa shape index (κ1) is 11.0. The van der Waals surface area contributed by atoms with Gasteiger partial charge in [-0.1, -0.05) is 41.9 Å². The monoisotopic (exact) mass is 236 g/mol. The molecule has 0 aliphatic carbocycles. The molecule has 0 aliphatic heterocycles. The summed E-state index contributed by atoms with van der Waals surface area (Å²) in [7, 11) is 1.56. The Kier molecular flexibility index (Phi) is 3.11. The van der Waals surface area contributed by atoms with Crippen molar-refractivity contribution in [2.24, 2.45) is 0 Å². The normalized spacial score (nSPS) is 10.2. The third kappa shape index (κ3) is 1.89. The summed E-state index contributed by atoms with van der Waals surface area (Å²) >= 11 is 5.74. The second-order valence-electron chi connectivity index (χ2n) is 3.30. The Balaban J connectivity index is 2.63. The van der Waals surface area contributed by atoms with Gasteiger partial charge in [0, 0.05) is 11.1 Å². The summed E-state index contributed by atoms with van der Waals surface area (Å²) in [5.74, 6) is 0.206. The summed E-state index contributed by atoms with van der Waals surface area (Å²) in [5.41, 5.74) is 1.15. The van der Waals surface area contributed by atoms with Gasteiger partial charge in [-0.05, 0) is 12.1 Å². The molecule has 0 unspecified atom stereocenters. The maximum atomic E-state index is 13.8. The minimum Gasteiger partial charge on any atom is -0.496 e. The zero-order valence-electron chi connectivity index (χ0n) is 8.71. The molecule has 3 heteroatoms. The van der Waals surface area contributed by atoms with Crippen molar-refractivity contribution in [1.29, 1.82) is 0 Å². The van der Waals surface area contributed by atoms with Crippen LogP contribution in [-0.2, 0) is 0 Å². The maximum absolute atomic E-state index is 13.8. The van der Waals surface area contributed by atoms with Crippen LogP contribution in [0.5, 0.6) is 5.75 Å². The van der Waals surface area contributed by atoms with Crippen LogP contribution in [0.1, 0.15) is 0 Å². The van der Waals surface area contributed by atoms with Gasteiger partial charge in [-0.15, -0.1) is 0 Å². The highest BCUT2D eigenvalue weighted by atomic mass is 35.5. The SMILES string of the molecule is COc1ccccc1-c1cccc(Cl)c1F. The van der Waals surface area contributed by atoms with Gasteiger partial charge in [0.2, 0.25) is 0 Å². The van der Waals surface area contributed by atoms with E-state index in [9.17, 15) is 4.39 Å². The van der Waals surface area contributed by atoms with Gasteiger partial charge in [-0.25, -0.2) is 4.39 Å². The fourth-order valence-corrected chi connectivity index (χ4v) is 1.75. The van der Waals surface area contributed by atoms with Crippen LogP contribution in [-0.4, -0.2) is 7.11 Å². The molecule has 2 aromatic rings. The Morgan fingerprint density at radius 3 is 2.44 bits per heavy atom. The topological polar surface area (TPSA) is 9.23 Å². The van der Waals surface area contributed by atoms with Crippen molar-refractivity contribution in [3.05, 3.63) is 53.3 Å². The van der Waals surface area contributed by atoms with E-state index >= 15 is 0 Å². The summed E-state index contributed by atoms with van der Waals surface area (Å²) in [4.78, 5) is 0. The summed E-state index contributed by atoms with van der Waals surface area (Å²) in [5, 5.41) is 0.114.